The Morgan fingerprint density at radius 2 is 1.76 bits per heavy atom. The van der Waals surface area contributed by atoms with E-state index in [-0.39, 0.29) is 0 Å². The maximum atomic E-state index is 11.4. The van der Waals surface area contributed by atoms with Crippen LogP contribution in [0.1, 0.15) is 11.1 Å². The largest absolute Gasteiger partial charge is 0.309 e. The van der Waals surface area contributed by atoms with Crippen molar-refractivity contribution in [3.8, 4) is 0 Å². The molecule has 2 rings (SSSR count). The van der Waals surface area contributed by atoms with E-state index in [1.807, 2.05) is 30.3 Å². The van der Waals surface area contributed by atoms with Gasteiger partial charge in [0.25, 0.3) is 0 Å². The zero-order chi connectivity index (χ0) is 15.5. The van der Waals surface area contributed by atoms with Gasteiger partial charge in [0, 0.05) is 28.8 Å². The van der Waals surface area contributed by atoms with Crippen LogP contribution in [0.2, 0.25) is 5.02 Å². The highest BCUT2D eigenvalue weighted by Gasteiger charge is 2.06. The van der Waals surface area contributed by atoms with Crippen LogP contribution < -0.4 is 5.32 Å². The number of benzene rings is 2. The highest BCUT2D eigenvalue weighted by Crippen LogP contribution is 2.21. The third kappa shape index (κ3) is 4.81. The summed E-state index contributed by atoms with van der Waals surface area (Å²) in [5.74, 6) is 0. The first-order valence-electron chi connectivity index (χ1n) is 6.30. The highest BCUT2D eigenvalue weighted by molar-refractivity contribution is 9.10. The third-order valence-corrected chi connectivity index (χ3v) is 4.98. The molecule has 21 heavy (non-hydrogen) atoms. The molecule has 0 fully saturated rings. The number of hydrogen-bond acceptors (Lipinski definition) is 3. The molecule has 0 saturated carbocycles. The van der Waals surface area contributed by atoms with Crippen molar-refractivity contribution in [3.63, 3.8) is 0 Å². The molecule has 112 valence electrons. The number of halogens is 2. The molecule has 1 N–H and O–H groups in total. The first kappa shape index (κ1) is 16.5. The third-order valence-electron chi connectivity index (χ3n) is 3.01. The summed E-state index contributed by atoms with van der Waals surface area (Å²) in [5, 5.41) is 4.00. The highest BCUT2D eigenvalue weighted by atomic mass is 79.9. The molecule has 0 radical (unpaired) electrons. The molecule has 0 unspecified atom stereocenters. The van der Waals surface area contributed by atoms with Crippen LogP contribution in [0.3, 0.4) is 0 Å². The van der Waals surface area contributed by atoms with Crippen LogP contribution in [0.25, 0.3) is 0 Å². The van der Waals surface area contributed by atoms with Crippen molar-refractivity contribution in [3.05, 3.63) is 63.1 Å². The van der Waals surface area contributed by atoms with Gasteiger partial charge in [0.2, 0.25) is 0 Å². The topological polar surface area (TPSA) is 46.2 Å². The van der Waals surface area contributed by atoms with E-state index in [1.165, 1.54) is 6.26 Å². The Kier molecular flexibility index (Phi) is 5.43. The van der Waals surface area contributed by atoms with E-state index < -0.39 is 9.84 Å². The smallest absolute Gasteiger partial charge is 0.175 e. The fourth-order valence-corrected chi connectivity index (χ4v) is 3.23. The van der Waals surface area contributed by atoms with Crippen molar-refractivity contribution in [2.75, 3.05) is 6.26 Å². The Balaban J connectivity index is 1.94. The molecule has 0 aliphatic rings. The maximum Gasteiger partial charge on any atom is 0.175 e. The Morgan fingerprint density at radius 3 is 2.33 bits per heavy atom. The van der Waals surface area contributed by atoms with E-state index in [9.17, 15) is 8.42 Å². The van der Waals surface area contributed by atoms with Crippen LogP contribution in [0, 0.1) is 0 Å². The van der Waals surface area contributed by atoms with Crippen LogP contribution in [0.4, 0.5) is 0 Å². The second-order valence-electron chi connectivity index (χ2n) is 4.76. The van der Waals surface area contributed by atoms with Crippen molar-refractivity contribution in [2.45, 2.75) is 18.0 Å². The molecule has 0 amide bonds. The van der Waals surface area contributed by atoms with E-state index in [2.05, 4.69) is 21.2 Å². The van der Waals surface area contributed by atoms with Gasteiger partial charge >= 0.3 is 0 Å². The summed E-state index contributed by atoms with van der Waals surface area (Å²) < 4.78 is 23.7. The van der Waals surface area contributed by atoms with Crippen molar-refractivity contribution in [1.82, 2.24) is 5.32 Å². The number of sulfone groups is 1. The Bertz CT molecular complexity index is 730. The second-order valence-corrected chi connectivity index (χ2v) is 8.09. The van der Waals surface area contributed by atoms with Crippen LogP contribution in [0.15, 0.2) is 51.8 Å². The molecule has 0 aliphatic carbocycles. The molecule has 0 spiro atoms. The lowest BCUT2D eigenvalue weighted by Crippen LogP contribution is -2.13. The fourth-order valence-electron chi connectivity index (χ4n) is 1.86. The molecular weight excluding hydrogens is 374 g/mol. The van der Waals surface area contributed by atoms with Crippen LogP contribution in [-0.2, 0) is 22.9 Å². The molecule has 0 bridgehead atoms. The summed E-state index contributed by atoms with van der Waals surface area (Å²) in [6, 6.07) is 12.6. The van der Waals surface area contributed by atoms with Crippen molar-refractivity contribution < 1.29 is 8.42 Å². The van der Waals surface area contributed by atoms with E-state index >= 15 is 0 Å². The lowest BCUT2D eigenvalue weighted by molar-refractivity contribution is 0.602. The van der Waals surface area contributed by atoms with Gasteiger partial charge < -0.3 is 5.32 Å². The van der Waals surface area contributed by atoms with E-state index in [0.717, 1.165) is 15.6 Å². The van der Waals surface area contributed by atoms with Gasteiger partial charge in [-0.15, -0.1) is 0 Å². The van der Waals surface area contributed by atoms with Gasteiger partial charge in [-0.05, 0) is 35.4 Å². The quantitative estimate of drug-likeness (QED) is 0.847. The van der Waals surface area contributed by atoms with Gasteiger partial charge in [-0.3, -0.25) is 0 Å². The van der Waals surface area contributed by atoms with Gasteiger partial charge in [-0.2, -0.15) is 0 Å². The monoisotopic (exact) mass is 387 g/mol. The predicted octanol–water partition coefficient (Wildman–Crippen LogP) is 3.80. The molecule has 0 aromatic heterocycles. The van der Waals surface area contributed by atoms with Gasteiger partial charge in [0.05, 0.1) is 4.90 Å². The van der Waals surface area contributed by atoms with Gasteiger partial charge in [-0.1, -0.05) is 45.7 Å². The SMILES string of the molecule is CS(=O)(=O)c1ccc(CNCc2ccc(Br)cc2Cl)cc1. The molecule has 6 heteroatoms. The zero-order valence-corrected chi connectivity index (χ0v) is 14.6. The van der Waals surface area contributed by atoms with Crippen LogP contribution in [0.5, 0.6) is 0 Å². The minimum atomic E-state index is -3.14. The van der Waals surface area contributed by atoms with Crippen LogP contribution in [-0.4, -0.2) is 14.7 Å². The predicted molar refractivity (Wildman–Crippen MR) is 89.2 cm³/mol. The minimum absolute atomic E-state index is 0.335. The second kappa shape index (κ2) is 6.92. The Morgan fingerprint density at radius 1 is 1.10 bits per heavy atom. The summed E-state index contributed by atoms with van der Waals surface area (Å²) in [7, 11) is -3.14. The number of nitrogens with one attached hydrogen (secondary N) is 1. The summed E-state index contributed by atoms with van der Waals surface area (Å²) >= 11 is 9.52. The maximum absolute atomic E-state index is 11.4. The zero-order valence-electron chi connectivity index (χ0n) is 11.4. The molecule has 0 heterocycles. The molecule has 2 aromatic carbocycles. The minimum Gasteiger partial charge on any atom is -0.309 e. The normalized spacial score (nSPS) is 11.6. The molecule has 0 saturated heterocycles. The number of hydrogen-bond donors (Lipinski definition) is 1. The lowest BCUT2D eigenvalue weighted by atomic mass is 10.2. The van der Waals surface area contributed by atoms with Crippen molar-refractivity contribution in [1.29, 1.82) is 0 Å². The van der Waals surface area contributed by atoms with Crippen LogP contribution >= 0.6 is 27.5 Å². The average molecular weight is 389 g/mol. The average Bonchev–Trinajstić information content (AvgIpc) is 2.41. The number of rotatable bonds is 5. The molecule has 0 atom stereocenters. The van der Waals surface area contributed by atoms with Gasteiger partial charge in [0.15, 0.2) is 9.84 Å². The molecular formula is C15H15BrClNO2S. The summed E-state index contributed by atoms with van der Waals surface area (Å²) in [6.07, 6.45) is 1.20. The Hall–Kier alpha value is -0.880. The standard InChI is InChI=1S/C15H15BrClNO2S/c1-21(19,20)14-6-2-11(3-7-14)9-18-10-12-4-5-13(16)8-15(12)17/h2-8,18H,9-10H2,1H3. The lowest BCUT2D eigenvalue weighted by Gasteiger charge is -2.08. The summed E-state index contributed by atoms with van der Waals surface area (Å²) in [5.41, 5.74) is 2.04. The van der Waals surface area contributed by atoms with Gasteiger partial charge in [0.1, 0.15) is 0 Å². The van der Waals surface area contributed by atoms with E-state index in [1.54, 1.807) is 12.1 Å². The fraction of sp³-hybridized carbons (Fsp3) is 0.200. The molecule has 0 aliphatic heterocycles. The van der Waals surface area contributed by atoms with Crippen molar-refractivity contribution in [2.24, 2.45) is 0 Å². The van der Waals surface area contributed by atoms with E-state index in [0.29, 0.717) is 23.0 Å². The van der Waals surface area contributed by atoms with Crippen molar-refractivity contribution >= 4 is 37.4 Å². The van der Waals surface area contributed by atoms with E-state index in [4.69, 9.17) is 11.6 Å². The molecule has 2 aromatic rings. The summed E-state index contributed by atoms with van der Waals surface area (Å²) in [4.78, 5) is 0.335. The Labute approximate surface area is 138 Å². The van der Waals surface area contributed by atoms with Gasteiger partial charge in [-0.25, -0.2) is 8.42 Å². The first-order chi connectivity index (χ1) is 9.86. The summed E-state index contributed by atoms with van der Waals surface area (Å²) in [6.45, 7) is 1.30. The molecule has 3 nitrogen and oxygen atoms in total. The first-order valence-corrected chi connectivity index (χ1v) is 9.36.